The molecule has 7 nitrogen and oxygen atoms in total. The number of carbonyl (C=O) groups is 2. The number of urea groups is 1. The Hall–Kier alpha value is -3.26. The predicted octanol–water partition coefficient (Wildman–Crippen LogP) is 3.96. The quantitative estimate of drug-likeness (QED) is 0.561. The van der Waals surface area contributed by atoms with E-state index in [9.17, 15) is 9.59 Å². The molecule has 8 heteroatoms. The van der Waals surface area contributed by atoms with Crippen molar-refractivity contribution in [3.8, 4) is 10.6 Å². The lowest BCUT2D eigenvalue weighted by molar-refractivity contribution is -0.121. The smallest absolute Gasteiger partial charge is 0.315 e. The van der Waals surface area contributed by atoms with Crippen LogP contribution >= 0.6 is 11.3 Å². The molecular formula is C22H23N5O2S. The molecule has 0 aliphatic heterocycles. The zero-order chi connectivity index (χ0) is 20.8. The van der Waals surface area contributed by atoms with Crippen LogP contribution in [0, 0.1) is 0 Å². The first kappa shape index (κ1) is 20.0. The third-order valence-electron chi connectivity index (χ3n) is 5.21. The summed E-state index contributed by atoms with van der Waals surface area (Å²) in [6.45, 7) is 0.404. The Morgan fingerprint density at radius 1 is 0.933 bits per heavy atom. The van der Waals surface area contributed by atoms with Crippen molar-refractivity contribution in [2.45, 2.75) is 37.8 Å². The lowest BCUT2D eigenvalue weighted by Crippen LogP contribution is -2.57. The maximum Gasteiger partial charge on any atom is 0.315 e. The highest BCUT2D eigenvalue weighted by molar-refractivity contribution is 7.18. The predicted molar refractivity (Wildman–Crippen MR) is 117 cm³/mol. The zero-order valence-corrected chi connectivity index (χ0v) is 17.2. The molecule has 0 atom stereocenters. The number of rotatable bonds is 6. The van der Waals surface area contributed by atoms with Crippen LogP contribution in [0.4, 0.5) is 9.93 Å². The van der Waals surface area contributed by atoms with Crippen LogP contribution in [-0.4, -0.2) is 27.7 Å². The lowest BCUT2D eigenvalue weighted by atomic mass is 9.96. The molecule has 3 aromatic rings. The highest BCUT2D eigenvalue weighted by Gasteiger charge is 2.42. The van der Waals surface area contributed by atoms with Gasteiger partial charge < -0.3 is 10.6 Å². The van der Waals surface area contributed by atoms with Gasteiger partial charge in [0.1, 0.15) is 10.5 Å². The van der Waals surface area contributed by atoms with Crippen LogP contribution in [0.1, 0.15) is 31.2 Å². The van der Waals surface area contributed by atoms with Gasteiger partial charge in [0.05, 0.1) is 0 Å². The number of hydrogen-bond donors (Lipinski definition) is 3. The molecule has 30 heavy (non-hydrogen) atoms. The first-order valence-electron chi connectivity index (χ1n) is 9.95. The third kappa shape index (κ3) is 4.65. The lowest BCUT2D eigenvalue weighted by Gasteiger charge is -2.28. The molecule has 1 aromatic heterocycles. The van der Waals surface area contributed by atoms with E-state index >= 15 is 0 Å². The van der Waals surface area contributed by atoms with Crippen molar-refractivity contribution in [2.75, 3.05) is 5.32 Å². The van der Waals surface area contributed by atoms with Crippen molar-refractivity contribution in [1.29, 1.82) is 0 Å². The Kier molecular flexibility index (Phi) is 6.04. The van der Waals surface area contributed by atoms with Gasteiger partial charge in [0.15, 0.2) is 0 Å². The Morgan fingerprint density at radius 3 is 2.30 bits per heavy atom. The fourth-order valence-electron chi connectivity index (χ4n) is 3.61. The van der Waals surface area contributed by atoms with Crippen molar-refractivity contribution in [3.05, 3.63) is 66.2 Å². The average Bonchev–Trinajstić information content (AvgIpc) is 3.44. The van der Waals surface area contributed by atoms with Crippen molar-refractivity contribution in [3.63, 3.8) is 0 Å². The molecule has 1 fully saturated rings. The number of nitrogens with one attached hydrogen (secondary N) is 3. The second kappa shape index (κ2) is 9.04. The molecule has 4 rings (SSSR count). The monoisotopic (exact) mass is 421 g/mol. The molecule has 3 N–H and O–H groups in total. The van der Waals surface area contributed by atoms with E-state index in [-0.39, 0.29) is 11.9 Å². The molecule has 0 unspecified atom stereocenters. The fraction of sp³-hybridized carbons (Fsp3) is 0.273. The summed E-state index contributed by atoms with van der Waals surface area (Å²) in [5.74, 6) is -0.245. The van der Waals surface area contributed by atoms with E-state index in [0.29, 0.717) is 24.5 Å². The van der Waals surface area contributed by atoms with Gasteiger partial charge in [-0.25, -0.2) is 4.79 Å². The zero-order valence-electron chi connectivity index (χ0n) is 16.4. The summed E-state index contributed by atoms with van der Waals surface area (Å²) in [7, 11) is 0. The molecule has 154 valence electrons. The molecule has 0 bridgehead atoms. The van der Waals surface area contributed by atoms with E-state index in [1.807, 2.05) is 60.7 Å². The maximum atomic E-state index is 13.1. The summed E-state index contributed by atoms with van der Waals surface area (Å²) in [6.07, 6.45) is 2.97. The topological polar surface area (TPSA) is 96.0 Å². The van der Waals surface area contributed by atoms with Crippen LogP contribution < -0.4 is 16.0 Å². The highest BCUT2D eigenvalue weighted by atomic mass is 32.1. The fourth-order valence-corrected chi connectivity index (χ4v) is 4.36. The second-order valence-corrected chi connectivity index (χ2v) is 8.29. The number of aromatic nitrogens is 2. The van der Waals surface area contributed by atoms with Gasteiger partial charge in [0.2, 0.25) is 5.13 Å². The van der Waals surface area contributed by atoms with E-state index in [1.54, 1.807) is 0 Å². The summed E-state index contributed by atoms with van der Waals surface area (Å²) in [5, 5.41) is 18.0. The first-order chi connectivity index (χ1) is 14.6. The Morgan fingerprint density at radius 2 is 1.60 bits per heavy atom. The van der Waals surface area contributed by atoms with E-state index < -0.39 is 5.54 Å². The number of nitrogens with zero attached hydrogens (tertiary/aromatic N) is 2. The van der Waals surface area contributed by atoms with Crippen LogP contribution in [0.2, 0.25) is 0 Å². The minimum absolute atomic E-state index is 0.245. The average molecular weight is 422 g/mol. The van der Waals surface area contributed by atoms with Crippen molar-refractivity contribution in [1.82, 2.24) is 20.8 Å². The van der Waals surface area contributed by atoms with Crippen molar-refractivity contribution < 1.29 is 9.59 Å². The van der Waals surface area contributed by atoms with Crippen LogP contribution in [-0.2, 0) is 11.3 Å². The Bertz CT molecular complexity index is 1000. The van der Waals surface area contributed by atoms with E-state index in [1.165, 1.54) is 11.3 Å². The number of anilines is 1. The van der Waals surface area contributed by atoms with Crippen LogP contribution in [0.15, 0.2) is 60.7 Å². The molecule has 1 saturated carbocycles. The van der Waals surface area contributed by atoms with Gasteiger partial charge in [0.25, 0.3) is 5.91 Å². The molecule has 2 aromatic carbocycles. The van der Waals surface area contributed by atoms with Gasteiger partial charge in [0, 0.05) is 12.1 Å². The Labute approximate surface area is 178 Å². The molecule has 1 heterocycles. The normalized spacial score (nSPS) is 14.8. The van der Waals surface area contributed by atoms with Crippen LogP contribution in [0.5, 0.6) is 0 Å². The summed E-state index contributed by atoms with van der Waals surface area (Å²) < 4.78 is 0. The summed E-state index contributed by atoms with van der Waals surface area (Å²) in [5.41, 5.74) is 1.02. The molecule has 3 amide bonds. The van der Waals surface area contributed by atoms with E-state index in [2.05, 4.69) is 26.1 Å². The van der Waals surface area contributed by atoms with E-state index in [0.717, 1.165) is 29.0 Å². The molecule has 1 aliphatic carbocycles. The molecule has 0 spiro atoms. The summed E-state index contributed by atoms with van der Waals surface area (Å²) in [6, 6.07) is 19.0. The molecule has 0 saturated heterocycles. The largest absolute Gasteiger partial charge is 0.334 e. The van der Waals surface area contributed by atoms with Gasteiger partial charge in [-0.05, 0) is 18.4 Å². The van der Waals surface area contributed by atoms with Crippen LogP contribution in [0.25, 0.3) is 10.6 Å². The molecule has 1 aliphatic rings. The number of amides is 3. The van der Waals surface area contributed by atoms with Gasteiger partial charge in [-0.3, -0.25) is 10.1 Å². The summed E-state index contributed by atoms with van der Waals surface area (Å²) in [4.78, 5) is 25.6. The van der Waals surface area contributed by atoms with Gasteiger partial charge in [-0.15, -0.1) is 10.2 Å². The number of benzene rings is 2. The SMILES string of the molecule is O=C(NCc1ccccc1)NC1(C(=O)Nc2nnc(-c3ccccc3)s2)CCCC1. The van der Waals surface area contributed by atoms with E-state index in [4.69, 9.17) is 0 Å². The number of carbonyl (C=O) groups excluding carboxylic acids is 2. The second-order valence-electron chi connectivity index (χ2n) is 7.32. The summed E-state index contributed by atoms with van der Waals surface area (Å²) >= 11 is 1.32. The Balaban J connectivity index is 1.40. The van der Waals surface area contributed by atoms with Gasteiger partial charge in [-0.2, -0.15) is 0 Å². The van der Waals surface area contributed by atoms with Crippen molar-refractivity contribution in [2.24, 2.45) is 0 Å². The highest BCUT2D eigenvalue weighted by Crippen LogP contribution is 2.32. The standard InChI is InChI=1S/C22H23N5O2S/c28-19(24-21-27-26-18(30-21)17-11-5-2-6-12-17)22(13-7-8-14-22)25-20(29)23-15-16-9-3-1-4-10-16/h1-6,9-12H,7-8,13-15H2,(H2,23,25,29)(H,24,27,28). The first-order valence-corrected chi connectivity index (χ1v) is 10.8. The minimum Gasteiger partial charge on any atom is -0.334 e. The molecular weight excluding hydrogens is 398 g/mol. The molecule has 0 radical (unpaired) electrons. The number of hydrogen-bond acceptors (Lipinski definition) is 5. The van der Waals surface area contributed by atoms with Gasteiger partial charge >= 0.3 is 6.03 Å². The van der Waals surface area contributed by atoms with Crippen LogP contribution in [0.3, 0.4) is 0 Å². The van der Waals surface area contributed by atoms with Crippen molar-refractivity contribution >= 4 is 28.4 Å². The van der Waals surface area contributed by atoms with Gasteiger partial charge in [-0.1, -0.05) is 84.8 Å². The maximum absolute atomic E-state index is 13.1. The minimum atomic E-state index is -0.931. The third-order valence-corrected chi connectivity index (χ3v) is 6.09.